The maximum absolute atomic E-state index is 12.1. The van der Waals surface area contributed by atoms with Gasteiger partial charge in [0.25, 0.3) is 0 Å². The van der Waals surface area contributed by atoms with E-state index in [9.17, 15) is 13.2 Å². The fraction of sp³-hybridized carbons (Fsp3) is 0.857. The molecule has 23 heavy (non-hydrogen) atoms. The van der Waals surface area contributed by atoms with Crippen LogP contribution < -0.4 is 5.32 Å². The van der Waals surface area contributed by atoms with Crippen molar-refractivity contribution in [2.45, 2.75) is 38.5 Å². The molecule has 0 atom stereocenters. The van der Waals surface area contributed by atoms with Gasteiger partial charge in [0.15, 0.2) is 15.8 Å². The van der Waals surface area contributed by atoms with Crippen LogP contribution in [-0.2, 0) is 14.6 Å². The third kappa shape index (κ3) is 6.09. The summed E-state index contributed by atoms with van der Waals surface area (Å²) in [6, 6.07) is 0.148. The molecule has 0 unspecified atom stereocenters. The van der Waals surface area contributed by atoms with Gasteiger partial charge in [-0.25, -0.2) is 13.4 Å². The maximum Gasteiger partial charge on any atom is 0.243 e. The van der Waals surface area contributed by atoms with Crippen molar-refractivity contribution in [3.63, 3.8) is 0 Å². The van der Waals surface area contributed by atoms with Gasteiger partial charge in [-0.1, -0.05) is 0 Å². The number of nitrogens with zero attached hydrogens (tertiary/aromatic N) is 3. The van der Waals surface area contributed by atoms with Gasteiger partial charge < -0.3 is 15.1 Å². The number of likely N-dealkylation sites (N-methyl/N-ethyl adjacent to an activating group) is 1. The Balaban J connectivity index is 0.00000484. The summed E-state index contributed by atoms with van der Waals surface area (Å²) >= 11 is 0. The van der Waals surface area contributed by atoms with E-state index in [0.717, 1.165) is 0 Å². The minimum absolute atomic E-state index is 0. The number of nitrogens with one attached hydrogen (secondary N) is 1. The molecular formula is C14H29IN4O3S. The molecule has 0 aliphatic carbocycles. The van der Waals surface area contributed by atoms with Crippen molar-refractivity contribution >= 4 is 45.7 Å². The number of amides is 1. The highest BCUT2D eigenvalue weighted by atomic mass is 127. The van der Waals surface area contributed by atoms with Gasteiger partial charge in [0.1, 0.15) is 6.54 Å². The second-order valence-corrected chi connectivity index (χ2v) is 9.47. The first kappa shape index (κ1) is 22.4. The van der Waals surface area contributed by atoms with Crippen LogP contribution in [0.3, 0.4) is 0 Å². The van der Waals surface area contributed by atoms with Gasteiger partial charge in [-0.2, -0.15) is 0 Å². The zero-order chi connectivity index (χ0) is 17.1. The molecule has 0 radical (unpaired) electrons. The van der Waals surface area contributed by atoms with Crippen molar-refractivity contribution in [3.05, 3.63) is 0 Å². The van der Waals surface area contributed by atoms with Gasteiger partial charge in [-0.05, 0) is 27.7 Å². The fourth-order valence-corrected chi connectivity index (χ4v) is 3.47. The Morgan fingerprint density at radius 3 is 2.35 bits per heavy atom. The first-order valence-electron chi connectivity index (χ1n) is 7.44. The van der Waals surface area contributed by atoms with Gasteiger partial charge in [0, 0.05) is 33.2 Å². The molecule has 7 nitrogen and oxygen atoms in total. The van der Waals surface area contributed by atoms with Gasteiger partial charge in [0.2, 0.25) is 5.91 Å². The average molecular weight is 460 g/mol. The van der Waals surface area contributed by atoms with Crippen LogP contribution >= 0.6 is 24.0 Å². The largest absolute Gasteiger partial charge is 0.354 e. The van der Waals surface area contributed by atoms with E-state index in [0.29, 0.717) is 19.0 Å². The molecule has 1 aliphatic rings. The molecule has 9 heteroatoms. The molecule has 0 saturated carbocycles. The summed E-state index contributed by atoms with van der Waals surface area (Å²) in [5.41, 5.74) is 0. The number of halogens is 1. The SMILES string of the molecule is CC(C)NC(=NCC(=O)N(C)C)N1CCS(=O)(=O)C(C)(C)C1.I. The van der Waals surface area contributed by atoms with E-state index in [4.69, 9.17) is 0 Å². The molecule has 0 aromatic rings. The predicted octanol–water partition coefficient (Wildman–Crippen LogP) is 0.556. The molecule has 0 aromatic heterocycles. The highest BCUT2D eigenvalue weighted by molar-refractivity contribution is 14.0. The van der Waals surface area contributed by atoms with E-state index >= 15 is 0 Å². The summed E-state index contributed by atoms with van der Waals surface area (Å²) in [6.07, 6.45) is 0. The van der Waals surface area contributed by atoms with Crippen LogP contribution in [0.2, 0.25) is 0 Å². The molecule has 1 saturated heterocycles. The van der Waals surface area contributed by atoms with E-state index in [2.05, 4.69) is 10.3 Å². The Morgan fingerprint density at radius 2 is 1.91 bits per heavy atom. The minimum atomic E-state index is -3.10. The Hall–Kier alpha value is -0.580. The van der Waals surface area contributed by atoms with E-state index in [1.807, 2.05) is 18.7 Å². The zero-order valence-electron chi connectivity index (χ0n) is 14.8. The summed E-state index contributed by atoms with van der Waals surface area (Å²) in [6.45, 7) is 8.22. The van der Waals surface area contributed by atoms with E-state index < -0.39 is 14.6 Å². The number of aliphatic imine (C=N–C) groups is 1. The molecule has 0 bridgehead atoms. The van der Waals surface area contributed by atoms with Gasteiger partial charge in [-0.15, -0.1) is 24.0 Å². The lowest BCUT2D eigenvalue weighted by Crippen LogP contribution is -2.58. The monoisotopic (exact) mass is 460 g/mol. The Bertz CT molecular complexity index is 544. The number of guanidine groups is 1. The van der Waals surface area contributed by atoms with Gasteiger partial charge >= 0.3 is 0 Å². The quantitative estimate of drug-likeness (QED) is 0.378. The van der Waals surface area contributed by atoms with Crippen LogP contribution in [-0.4, -0.2) is 80.4 Å². The number of sulfone groups is 1. The predicted molar refractivity (Wildman–Crippen MR) is 104 cm³/mol. The van der Waals surface area contributed by atoms with Gasteiger partial charge in [-0.3, -0.25) is 4.79 Å². The lowest BCUT2D eigenvalue weighted by Gasteiger charge is -2.39. The van der Waals surface area contributed by atoms with Crippen molar-refractivity contribution in [1.29, 1.82) is 0 Å². The smallest absolute Gasteiger partial charge is 0.243 e. The van der Waals surface area contributed by atoms with Crippen molar-refractivity contribution < 1.29 is 13.2 Å². The molecule has 136 valence electrons. The first-order chi connectivity index (χ1) is 9.96. The molecule has 0 spiro atoms. The summed E-state index contributed by atoms with van der Waals surface area (Å²) in [5, 5.41) is 3.22. The molecular weight excluding hydrogens is 431 g/mol. The summed E-state index contributed by atoms with van der Waals surface area (Å²) in [4.78, 5) is 19.5. The van der Waals surface area contributed by atoms with Crippen LogP contribution in [0.25, 0.3) is 0 Å². The second kappa shape index (κ2) is 8.50. The van der Waals surface area contributed by atoms with Crippen LogP contribution in [0.15, 0.2) is 4.99 Å². The van der Waals surface area contributed by atoms with Crippen molar-refractivity contribution in [2.75, 3.05) is 39.5 Å². The third-order valence-electron chi connectivity index (χ3n) is 3.62. The Labute approximate surface area is 156 Å². The van der Waals surface area contributed by atoms with Gasteiger partial charge in [0.05, 0.1) is 10.5 Å². The highest BCUT2D eigenvalue weighted by Crippen LogP contribution is 2.23. The number of carbonyl (C=O) groups is 1. The number of hydrogen-bond donors (Lipinski definition) is 1. The summed E-state index contributed by atoms with van der Waals surface area (Å²) < 4.78 is 23.4. The van der Waals surface area contributed by atoms with Crippen molar-refractivity contribution in [1.82, 2.24) is 15.1 Å². The second-order valence-electron chi connectivity index (χ2n) is 6.73. The van der Waals surface area contributed by atoms with E-state index in [1.54, 1.807) is 27.9 Å². The molecule has 1 amide bonds. The van der Waals surface area contributed by atoms with Crippen molar-refractivity contribution in [2.24, 2.45) is 4.99 Å². The minimum Gasteiger partial charge on any atom is -0.354 e. The normalized spacial score (nSPS) is 20.0. The lowest BCUT2D eigenvalue weighted by molar-refractivity contribution is -0.127. The Morgan fingerprint density at radius 1 is 1.35 bits per heavy atom. The van der Waals surface area contributed by atoms with Crippen LogP contribution in [0.4, 0.5) is 0 Å². The third-order valence-corrected chi connectivity index (χ3v) is 6.16. The lowest BCUT2D eigenvalue weighted by atomic mass is 10.2. The fourth-order valence-electron chi connectivity index (χ4n) is 2.10. The summed E-state index contributed by atoms with van der Waals surface area (Å²) in [5.74, 6) is 0.598. The molecule has 1 N–H and O–H groups in total. The number of carbonyl (C=O) groups excluding carboxylic acids is 1. The van der Waals surface area contributed by atoms with Crippen LogP contribution in [0, 0.1) is 0 Å². The summed E-state index contributed by atoms with van der Waals surface area (Å²) in [7, 11) is 0.269. The Kier molecular flexibility index (Phi) is 8.28. The molecule has 1 rings (SSSR count). The zero-order valence-corrected chi connectivity index (χ0v) is 17.9. The first-order valence-corrected chi connectivity index (χ1v) is 9.10. The maximum atomic E-state index is 12.1. The average Bonchev–Trinajstić information content (AvgIpc) is 2.36. The topological polar surface area (TPSA) is 82.1 Å². The molecule has 1 heterocycles. The highest BCUT2D eigenvalue weighted by Gasteiger charge is 2.41. The van der Waals surface area contributed by atoms with E-state index in [1.165, 1.54) is 4.90 Å². The molecule has 1 fully saturated rings. The van der Waals surface area contributed by atoms with E-state index in [-0.39, 0.29) is 48.2 Å². The molecule has 1 aliphatic heterocycles. The standard InChI is InChI=1S/C14H28N4O3S.HI/c1-11(2)16-13(15-9-12(19)17(5)6)18-7-8-22(20,21)14(3,4)10-18;/h11H,7-10H2,1-6H3,(H,15,16);1H. The van der Waals surface area contributed by atoms with Crippen LogP contribution in [0.1, 0.15) is 27.7 Å². The van der Waals surface area contributed by atoms with Crippen molar-refractivity contribution in [3.8, 4) is 0 Å². The number of rotatable bonds is 3. The van der Waals surface area contributed by atoms with Crippen LogP contribution in [0.5, 0.6) is 0 Å². The number of hydrogen-bond acceptors (Lipinski definition) is 4. The molecule has 0 aromatic carbocycles.